The maximum Gasteiger partial charge on any atom is 0.308 e. The van der Waals surface area contributed by atoms with Crippen molar-refractivity contribution >= 4 is 5.97 Å². The lowest BCUT2D eigenvalue weighted by Crippen LogP contribution is -1.99. The van der Waals surface area contributed by atoms with E-state index in [4.69, 9.17) is 10.00 Å². The molecule has 0 fully saturated rings. The summed E-state index contributed by atoms with van der Waals surface area (Å²) in [6.07, 6.45) is 1.64. The van der Waals surface area contributed by atoms with Gasteiger partial charge in [-0.3, -0.25) is 4.79 Å². The number of carbonyl (C=O) groups is 1. The molecule has 0 radical (unpaired) electrons. The molecular formula is C13H13NO2. The van der Waals surface area contributed by atoms with E-state index in [-0.39, 0.29) is 11.7 Å². The monoisotopic (exact) mass is 215 g/mol. The molecule has 0 aliphatic carbocycles. The number of allylic oxidation sites excluding steroid dienone is 2. The third kappa shape index (κ3) is 3.58. The number of nitriles is 1. The minimum atomic E-state index is -0.479. The van der Waals surface area contributed by atoms with Crippen molar-refractivity contribution in [1.82, 2.24) is 0 Å². The Morgan fingerprint density at radius 1 is 1.44 bits per heavy atom. The molecule has 1 unspecified atom stereocenters. The van der Waals surface area contributed by atoms with Gasteiger partial charge in [0.1, 0.15) is 6.07 Å². The molecule has 0 saturated heterocycles. The lowest BCUT2D eigenvalue weighted by molar-refractivity contribution is -0.136. The van der Waals surface area contributed by atoms with Crippen LogP contribution in [0.3, 0.4) is 0 Å². The lowest BCUT2D eigenvalue weighted by Gasteiger charge is -2.07. The second-order valence-electron chi connectivity index (χ2n) is 3.44. The summed E-state index contributed by atoms with van der Waals surface area (Å²) in [5.74, 6) is -0.396. The van der Waals surface area contributed by atoms with Crippen molar-refractivity contribution in [3.05, 3.63) is 47.7 Å². The molecule has 0 saturated carbocycles. The van der Waals surface area contributed by atoms with E-state index in [0.29, 0.717) is 0 Å². The zero-order chi connectivity index (χ0) is 12.0. The number of hydrogen-bond donors (Lipinski definition) is 0. The fourth-order valence-electron chi connectivity index (χ4n) is 1.33. The van der Waals surface area contributed by atoms with Crippen LogP contribution in [-0.2, 0) is 9.53 Å². The maximum absolute atomic E-state index is 10.7. The average Bonchev–Trinajstić information content (AvgIpc) is 2.28. The van der Waals surface area contributed by atoms with E-state index in [1.54, 1.807) is 6.08 Å². The summed E-state index contributed by atoms with van der Waals surface area (Å²) < 4.78 is 4.75. The van der Waals surface area contributed by atoms with Gasteiger partial charge in [-0.25, -0.2) is 0 Å². The largest absolute Gasteiger partial charge is 0.416 e. The second-order valence-corrected chi connectivity index (χ2v) is 3.44. The molecule has 0 aliphatic heterocycles. The van der Waals surface area contributed by atoms with Crippen molar-refractivity contribution in [3.8, 4) is 6.07 Å². The molecular weight excluding hydrogens is 202 g/mol. The van der Waals surface area contributed by atoms with E-state index in [2.05, 4.69) is 0 Å². The molecule has 82 valence electrons. The van der Waals surface area contributed by atoms with Gasteiger partial charge in [-0.15, -0.1) is 0 Å². The Hall–Kier alpha value is -2.08. The van der Waals surface area contributed by atoms with Crippen molar-refractivity contribution in [2.75, 3.05) is 0 Å². The zero-order valence-electron chi connectivity index (χ0n) is 9.31. The van der Waals surface area contributed by atoms with Gasteiger partial charge in [0.15, 0.2) is 0 Å². The van der Waals surface area contributed by atoms with Gasteiger partial charge in [0.05, 0.1) is 0 Å². The number of esters is 1. The van der Waals surface area contributed by atoms with Crippen LogP contribution in [0.25, 0.3) is 0 Å². The molecule has 3 heteroatoms. The van der Waals surface area contributed by atoms with E-state index in [9.17, 15) is 4.79 Å². The maximum atomic E-state index is 10.7. The molecule has 0 N–H and O–H groups in total. The molecule has 1 aromatic carbocycles. The molecule has 0 spiro atoms. The van der Waals surface area contributed by atoms with E-state index in [0.717, 1.165) is 5.56 Å². The topological polar surface area (TPSA) is 50.1 Å². The molecule has 1 aromatic rings. The first kappa shape index (κ1) is 12.0. The van der Waals surface area contributed by atoms with Crippen LogP contribution in [0.5, 0.6) is 0 Å². The third-order valence-electron chi connectivity index (χ3n) is 2.09. The lowest BCUT2D eigenvalue weighted by atomic mass is 10.0. The first-order valence-corrected chi connectivity index (χ1v) is 4.98. The predicted octanol–water partition coefficient (Wildman–Crippen LogP) is 2.76. The Kier molecular flexibility index (Phi) is 4.28. The molecule has 0 aliphatic rings. The summed E-state index contributed by atoms with van der Waals surface area (Å²) in [5, 5.41) is 8.78. The fraction of sp³-hybridized carbons (Fsp3) is 0.231. The van der Waals surface area contributed by atoms with Crippen LogP contribution in [-0.4, -0.2) is 5.97 Å². The number of hydrogen-bond acceptors (Lipinski definition) is 3. The molecule has 1 rings (SSSR count). The summed E-state index contributed by atoms with van der Waals surface area (Å²) in [7, 11) is 0. The van der Waals surface area contributed by atoms with Crippen LogP contribution in [0.2, 0.25) is 0 Å². The number of nitrogens with zero attached hydrogens (tertiary/aromatic N) is 1. The third-order valence-corrected chi connectivity index (χ3v) is 2.09. The summed E-state index contributed by atoms with van der Waals surface area (Å²) in [4.78, 5) is 10.7. The molecule has 0 amide bonds. The van der Waals surface area contributed by atoms with E-state index in [1.807, 2.05) is 43.3 Å². The Bertz CT molecular complexity index is 429. The summed E-state index contributed by atoms with van der Waals surface area (Å²) in [6.45, 7) is 3.22. The highest BCUT2D eigenvalue weighted by Crippen LogP contribution is 2.17. The van der Waals surface area contributed by atoms with Gasteiger partial charge in [-0.2, -0.15) is 5.26 Å². The van der Waals surface area contributed by atoms with E-state index in [1.165, 1.54) is 6.92 Å². The molecule has 1 atom stereocenters. The van der Waals surface area contributed by atoms with Gasteiger partial charge in [0.2, 0.25) is 5.76 Å². The molecule has 3 nitrogen and oxygen atoms in total. The van der Waals surface area contributed by atoms with Crippen LogP contribution in [0.1, 0.15) is 25.3 Å². The molecule has 0 heterocycles. The fourth-order valence-corrected chi connectivity index (χ4v) is 1.33. The highest BCUT2D eigenvalue weighted by atomic mass is 16.5. The van der Waals surface area contributed by atoms with Crippen LogP contribution in [0.15, 0.2) is 42.2 Å². The second kappa shape index (κ2) is 5.72. The average molecular weight is 215 g/mol. The molecule has 16 heavy (non-hydrogen) atoms. The SMILES string of the molecule is CC(=O)O/C(C#N)=C/C(C)c1ccccc1. The smallest absolute Gasteiger partial charge is 0.308 e. The van der Waals surface area contributed by atoms with Crippen molar-refractivity contribution < 1.29 is 9.53 Å². The van der Waals surface area contributed by atoms with Crippen LogP contribution in [0.4, 0.5) is 0 Å². The number of benzene rings is 1. The van der Waals surface area contributed by atoms with Crippen LogP contribution in [0, 0.1) is 11.3 Å². The number of carbonyl (C=O) groups excluding carboxylic acids is 1. The predicted molar refractivity (Wildman–Crippen MR) is 60.3 cm³/mol. The van der Waals surface area contributed by atoms with Crippen molar-refractivity contribution in [3.63, 3.8) is 0 Å². The van der Waals surface area contributed by atoms with Gasteiger partial charge in [-0.05, 0) is 11.6 Å². The first-order valence-electron chi connectivity index (χ1n) is 4.98. The van der Waals surface area contributed by atoms with Crippen LogP contribution >= 0.6 is 0 Å². The Morgan fingerprint density at radius 3 is 2.56 bits per heavy atom. The summed E-state index contributed by atoms with van der Waals surface area (Å²) in [5.41, 5.74) is 1.07. The minimum Gasteiger partial charge on any atom is -0.416 e. The number of rotatable bonds is 3. The van der Waals surface area contributed by atoms with Crippen molar-refractivity contribution in [2.24, 2.45) is 0 Å². The quantitative estimate of drug-likeness (QED) is 0.442. The highest BCUT2D eigenvalue weighted by Gasteiger charge is 2.06. The summed E-state index contributed by atoms with van der Waals surface area (Å²) >= 11 is 0. The van der Waals surface area contributed by atoms with Gasteiger partial charge < -0.3 is 4.74 Å². The Morgan fingerprint density at radius 2 is 2.06 bits per heavy atom. The van der Waals surface area contributed by atoms with Gasteiger partial charge >= 0.3 is 5.97 Å². The normalized spacial score (nSPS) is 12.7. The molecule has 0 bridgehead atoms. The standard InChI is InChI=1S/C13H13NO2/c1-10(12-6-4-3-5-7-12)8-13(9-14)16-11(2)15/h3-8,10H,1-2H3/b13-8+. The molecule has 0 aromatic heterocycles. The Balaban J connectivity index is 2.82. The van der Waals surface area contributed by atoms with E-state index >= 15 is 0 Å². The van der Waals surface area contributed by atoms with E-state index < -0.39 is 5.97 Å². The van der Waals surface area contributed by atoms with Gasteiger partial charge in [-0.1, -0.05) is 37.3 Å². The summed E-state index contributed by atoms with van der Waals surface area (Å²) in [6, 6.07) is 11.6. The van der Waals surface area contributed by atoms with Gasteiger partial charge in [0, 0.05) is 12.8 Å². The zero-order valence-corrected chi connectivity index (χ0v) is 9.31. The Labute approximate surface area is 95.0 Å². The minimum absolute atomic E-state index is 0.0372. The van der Waals surface area contributed by atoms with Crippen LogP contribution < -0.4 is 0 Å². The first-order chi connectivity index (χ1) is 7.63. The van der Waals surface area contributed by atoms with Gasteiger partial charge in [0.25, 0.3) is 0 Å². The van der Waals surface area contributed by atoms with Crippen molar-refractivity contribution in [1.29, 1.82) is 5.26 Å². The highest BCUT2D eigenvalue weighted by molar-refractivity contribution is 5.68. The van der Waals surface area contributed by atoms with Crippen molar-refractivity contribution in [2.45, 2.75) is 19.8 Å². The number of ether oxygens (including phenoxy) is 1.